The van der Waals surface area contributed by atoms with E-state index in [4.69, 9.17) is 9.47 Å². The molecule has 0 unspecified atom stereocenters. The molecule has 0 saturated carbocycles. The molecular weight excluding hydrogens is 286 g/mol. The van der Waals surface area contributed by atoms with Gasteiger partial charge in [-0.2, -0.15) is 0 Å². The van der Waals surface area contributed by atoms with Crippen LogP contribution in [0.25, 0.3) is 10.9 Å². The van der Waals surface area contributed by atoms with Gasteiger partial charge in [-0.15, -0.1) is 0 Å². The SMILES string of the molecule is [c]1cn(C[C@H]2CCCO2)c2ccc(OCc3ccccc3)cc12. The highest BCUT2D eigenvalue weighted by Crippen LogP contribution is 2.24. The molecule has 1 aliphatic heterocycles. The standard InChI is InChI=1S/C20H20NO2/c1-2-5-16(6-3-1)15-23-18-8-9-20-17(13-18)10-11-21(20)14-19-7-4-12-22-19/h1-3,5-6,8-9,11,13,19H,4,7,12,14-15H2/t19-/m1/s1. The first-order chi connectivity index (χ1) is 11.4. The summed E-state index contributed by atoms with van der Waals surface area (Å²) in [5.41, 5.74) is 2.36. The highest BCUT2D eigenvalue weighted by Gasteiger charge is 2.16. The predicted octanol–water partition coefficient (Wildman–Crippen LogP) is 4.20. The third-order valence-electron chi connectivity index (χ3n) is 4.33. The highest BCUT2D eigenvalue weighted by atomic mass is 16.5. The molecule has 1 aromatic heterocycles. The van der Waals surface area contributed by atoms with Crippen molar-refractivity contribution in [3.8, 4) is 5.75 Å². The Bertz CT molecular complexity index is 773. The molecule has 1 saturated heterocycles. The molecule has 23 heavy (non-hydrogen) atoms. The monoisotopic (exact) mass is 306 g/mol. The lowest BCUT2D eigenvalue weighted by atomic mass is 10.2. The number of hydrogen-bond donors (Lipinski definition) is 0. The van der Waals surface area contributed by atoms with Gasteiger partial charge in [0.05, 0.1) is 6.10 Å². The molecule has 0 amide bonds. The van der Waals surface area contributed by atoms with Gasteiger partial charge in [0.25, 0.3) is 0 Å². The molecule has 4 rings (SSSR count). The van der Waals surface area contributed by atoms with E-state index in [2.05, 4.69) is 34.9 Å². The Balaban J connectivity index is 1.48. The van der Waals surface area contributed by atoms with E-state index in [9.17, 15) is 0 Å². The van der Waals surface area contributed by atoms with Gasteiger partial charge in [0.15, 0.2) is 0 Å². The minimum atomic E-state index is 0.341. The van der Waals surface area contributed by atoms with Gasteiger partial charge in [-0.05, 0) is 36.6 Å². The molecule has 2 heterocycles. The van der Waals surface area contributed by atoms with Crippen molar-refractivity contribution >= 4 is 10.9 Å². The first kappa shape index (κ1) is 14.3. The van der Waals surface area contributed by atoms with Gasteiger partial charge in [0.2, 0.25) is 0 Å². The smallest absolute Gasteiger partial charge is 0.120 e. The highest BCUT2D eigenvalue weighted by molar-refractivity contribution is 5.81. The molecular formula is C20H20NO2. The number of ether oxygens (including phenoxy) is 2. The molecule has 3 nitrogen and oxygen atoms in total. The zero-order valence-electron chi connectivity index (χ0n) is 13.1. The van der Waals surface area contributed by atoms with Gasteiger partial charge in [-0.3, -0.25) is 0 Å². The maximum absolute atomic E-state index is 5.89. The predicted molar refractivity (Wildman–Crippen MR) is 90.5 cm³/mol. The molecule has 117 valence electrons. The van der Waals surface area contributed by atoms with Crippen LogP contribution in [0.2, 0.25) is 0 Å². The average Bonchev–Trinajstić information content (AvgIpc) is 3.24. The number of aromatic nitrogens is 1. The van der Waals surface area contributed by atoms with Crippen molar-refractivity contribution < 1.29 is 9.47 Å². The Morgan fingerprint density at radius 1 is 1.17 bits per heavy atom. The molecule has 2 aromatic carbocycles. The Morgan fingerprint density at radius 2 is 2.09 bits per heavy atom. The Morgan fingerprint density at radius 3 is 2.91 bits per heavy atom. The van der Waals surface area contributed by atoms with Crippen molar-refractivity contribution in [3.63, 3.8) is 0 Å². The summed E-state index contributed by atoms with van der Waals surface area (Å²) in [6.07, 6.45) is 4.68. The normalized spacial score (nSPS) is 17.7. The molecule has 0 bridgehead atoms. The van der Waals surface area contributed by atoms with Crippen LogP contribution in [0, 0.1) is 6.07 Å². The van der Waals surface area contributed by atoms with E-state index >= 15 is 0 Å². The second-order valence-corrected chi connectivity index (χ2v) is 6.01. The van der Waals surface area contributed by atoms with Gasteiger partial charge in [0, 0.05) is 36.3 Å². The summed E-state index contributed by atoms with van der Waals surface area (Å²) in [5, 5.41) is 1.09. The summed E-state index contributed by atoms with van der Waals surface area (Å²) >= 11 is 0. The van der Waals surface area contributed by atoms with Crippen molar-refractivity contribution in [1.82, 2.24) is 4.57 Å². The third kappa shape index (κ3) is 3.25. The van der Waals surface area contributed by atoms with Crippen molar-refractivity contribution in [2.45, 2.75) is 32.1 Å². The summed E-state index contributed by atoms with van der Waals surface area (Å²) in [4.78, 5) is 0. The Kier molecular flexibility index (Phi) is 4.03. The van der Waals surface area contributed by atoms with E-state index < -0.39 is 0 Å². The zero-order valence-corrected chi connectivity index (χ0v) is 13.1. The zero-order chi connectivity index (χ0) is 15.5. The van der Waals surface area contributed by atoms with E-state index in [-0.39, 0.29) is 0 Å². The summed E-state index contributed by atoms with van der Waals surface area (Å²) < 4.78 is 13.8. The van der Waals surface area contributed by atoms with Crippen LogP contribution in [0.5, 0.6) is 5.75 Å². The number of rotatable bonds is 5. The second kappa shape index (κ2) is 6.47. The fourth-order valence-corrected chi connectivity index (χ4v) is 3.09. The van der Waals surface area contributed by atoms with E-state index in [0.717, 1.165) is 30.7 Å². The molecule has 1 atom stereocenters. The topological polar surface area (TPSA) is 23.4 Å². The summed E-state index contributed by atoms with van der Waals surface area (Å²) in [5.74, 6) is 0.882. The van der Waals surface area contributed by atoms with Gasteiger partial charge in [-0.1, -0.05) is 30.3 Å². The molecule has 0 aliphatic carbocycles. The summed E-state index contributed by atoms with van der Waals surface area (Å²) in [6.45, 7) is 2.39. The van der Waals surface area contributed by atoms with Crippen LogP contribution in [-0.4, -0.2) is 17.3 Å². The maximum Gasteiger partial charge on any atom is 0.120 e. The lowest BCUT2D eigenvalue weighted by Gasteiger charge is -2.12. The lowest BCUT2D eigenvalue weighted by molar-refractivity contribution is 0.0980. The summed E-state index contributed by atoms with van der Waals surface area (Å²) in [6, 6.07) is 19.7. The van der Waals surface area contributed by atoms with Crippen molar-refractivity contribution in [2.75, 3.05) is 6.61 Å². The number of fused-ring (bicyclic) bond motifs is 1. The molecule has 3 aromatic rings. The quantitative estimate of drug-likeness (QED) is 0.705. The lowest BCUT2D eigenvalue weighted by Crippen LogP contribution is -2.13. The molecule has 1 aliphatic rings. The van der Waals surface area contributed by atoms with E-state index in [1.807, 2.05) is 30.5 Å². The van der Waals surface area contributed by atoms with Crippen LogP contribution in [-0.2, 0) is 17.9 Å². The van der Waals surface area contributed by atoms with E-state index in [1.165, 1.54) is 17.5 Å². The largest absolute Gasteiger partial charge is 0.489 e. The van der Waals surface area contributed by atoms with E-state index in [1.54, 1.807) is 0 Å². The van der Waals surface area contributed by atoms with Crippen molar-refractivity contribution in [3.05, 3.63) is 66.4 Å². The summed E-state index contributed by atoms with van der Waals surface area (Å²) in [7, 11) is 0. The minimum Gasteiger partial charge on any atom is -0.489 e. The first-order valence-corrected chi connectivity index (χ1v) is 8.17. The Labute approximate surface area is 136 Å². The second-order valence-electron chi connectivity index (χ2n) is 6.01. The average molecular weight is 306 g/mol. The van der Waals surface area contributed by atoms with Gasteiger partial charge in [0.1, 0.15) is 12.4 Å². The molecule has 1 fully saturated rings. The van der Waals surface area contributed by atoms with Gasteiger partial charge < -0.3 is 14.0 Å². The maximum atomic E-state index is 5.89. The van der Waals surface area contributed by atoms with E-state index in [0.29, 0.717) is 12.7 Å². The fourth-order valence-electron chi connectivity index (χ4n) is 3.09. The number of hydrogen-bond acceptors (Lipinski definition) is 2. The molecule has 1 radical (unpaired) electrons. The van der Waals surface area contributed by atoms with Gasteiger partial charge >= 0.3 is 0 Å². The molecule has 3 heteroatoms. The first-order valence-electron chi connectivity index (χ1n) is 8.17. The van der Waals surface area contributed by atoms with Crippen LogP contribution in [0.1, 0.15) is 18.4 Å². The van der Waals surface area contributed by atoms with Crippen LogP contribution < -0.4 is 4.74 Å². The Hall–Kier alpha value is -2.26. The van der Waals surface area contributed by atoms with Crippen molar-refractivity contribution in [2.24, 2.45) is 0 Å². The van der Waals surface area contributed by atoms with Gasteiger partial charge in [-0.25, -0.2) is 0 Å². The number of benzene rings is 2. The van der Waals surface area contributed by atoms with Crippen LogP contribution in [0.15, 0.2) is 54.7 Å². The minimum absolute atomic E-state index is 0.341. The molecule has 0 N–H and O–H groups in total. The number of nitrogens with zero attached hydrogens (tertiary/aromatic N) is 1. The van der Waals surface area contributed by atoms with Crippen LogP contribution >= 0.6 is 0 Å². The van der Waals surface area contributed by atoms with Crippen LogP contribution in [0.3, 0.4) is 0 Å². The fraction of sp³-hybridized carbons (Fsp3) is 0.300. The molecule has 0 spiro atoms. The van der Waals surface area contributed by atoms with Crippen molar-refractivity contribution in [1.29, 1.82) is 0 Å². The van der Waals surface area contributed by atoms with Crippen LogP contribution in [0.4, 0.5) is 0 Å². The third-order valence-corrected chi connectivity index (χ3v) is 4.33.